The van der Waals surface area contributed by atoms with Gasteiger partial charge < -0.3 is 14.4 Å². The van der Waals surface area contributed by atoms with Crippen LogP contribution in [0.5, 0.6) is 0 Å². The Labute approximate surface area is 121 Å². The fourth-order valence-corrected chi connectivity index (χ4v) is 4.12. The molecule has 9 heteroatoms. The fourth-order valence-electron chi connectivity index (χ4n) is 2.39. The zero-order chi connectivity index (χ0) is 15.8. The van der Waals surface area contributed by atoms with E-state index in [1.165, 1.54) is 0 Å². The van der Waals surface area contributed by atoms with Crippen LogP contribution >= 0.6 is 0 Å². The number of carbonyl (C=O) groups is 2. The van der Waals surface area contributed by atoms with Gasteiger partial charge in [-0.15, -0.1) is 0 Å². The lowest BCUT2D eigenvalue weighted by molar-refractivity contribution is -0.138. The number of hydrogen-bond acceptors (Lipinski definition) is 6. The molecule has 0 saturated carbocycles. The predicted molar refractivity (Wildman–Crippen MR) is 71.7 cm³/mol. The molecule has 0 aromatic carbocycles. The number of carbonyl (C=O) groups excluding carboxylic acids is 1. The molecule has 0 radical (unpaired) electrons. The van der Waals surface area contributed by atoms with Gasteiger partial charge in [0.25, 0.3) is 5.91 Å². The molecule has 116 valence electrons. The van der Waals surface area contributed by atoms with E-state index < -0.39 is 34.3 Å². The molecule has 1 unspecified atom stereocenters. The molecule has 1 aromatic heterocycles. The van der Waals surface area contributed by atoms with Crippen molar-refractivity contribution in [1.29, 1.82) is 0 Å². The Morgan fingerprint density at radius 3 is 2.52 bits per heavy atom. The molecule has 2 rings (SSSR count). The molecule has 1 atom stereocenters. The average Bonchev–Trinajstić information content (AvgIpc) is 2.87. The molecule has 1 aliphatic rings. The number of aryl methyl sites for hydroxylation is 2. The van der Waals surface area contributed by atoms with E-state index in [9.17, 15) is 18.0 Å². The van der Waals surface area contributed by atoms with E-state index in [-0.39, 0.29) is 23.7 Å². The third kappa shape index (κ3) is 3.41. The van der Waals surface area contributed by atoms with Crippen LogP contribution in [0, 0.1) is 13.8 Å². The number of rotatable bonds is 4. The van der Waals surface area contributed by atoms with Gasteiger partial charge in [0.05, 0.1) is 17.2 Å². The van der Waals surface area contributed by atoms with Crippen molar-refractivity contribution < 1.29 is 27.5 Å². The van der Waals surface area contributed by atoms with E-state index in [4.69, 9.17) is 9.52 Å². The van der Waals surface area contributed by atoms with Gasteiger partial charge in [0.2, 0.25) is 5.76 Å². The van der Waals surface area contributed by atoms with E-state index in [1.54, 1.807) is 13.8 Å². The van der Waals surface area contributed by atoms with Crippen LogP contribution in [0.25, 0.3) is 0 Å². The molecular formula is C12H16N2O6S. The third-order valence-corrected chi connectivity index (χ3v) is 5.06. The summed E-state index contributed by atoms with van der Waals surface area (Å²) in [5, 5.41) is 8.96. The molecule has 0 bridgehead atoms. The van der Waals surface area contributed by atoms with Gasteiger partial charge in [0.1, 0.15) is 6.54 Å². The monoisotopic (exact) mass is 316 g/mol. The molecule has 1 N–H and O–H groups in total. The highest BCUT2D eigenvalue weighted by atomic mass is 32.2. The summed E-state index contributed by atoms with van der Waals surface area (Å²) in [7, 11) is -3.23. The quantitative estimate of drug-likeness (QED) is 0.831. The number of oxazole rings is 1. The molecule has 2 heterocycles. The molecule has 1 fully saturated rings. The van der Waals surface area contributed by atoms with Crippen molar-refractivity contribution in [3.63, 3.8) is 0 Å². The number of aliphatic carboxylic acids is 1. The summed E-state index contributed by atoms with van der Waals surface area (Å²) in [4.78, 5) is 28.4. The summed E-state index contributed by atoms with van der Waals surface area (Å²) < 4.78 is 28.3. The highest BCUT2D eigenvalue weighted by Crippen LogP contribution is 2.21. The number of carboxylic acid groups (broad SMARTS) is 1. The van der Waals surface area contributed by atoms with Gasteiger partial charge in [-0.25, -0.2) is 13.4 Å². The second kappa shape index (κ2) is 5.47. The maximum absolute atomic E-state index is 12.4. The Hall–Kier alpha value is -1.90. The first-order valence-electron chi connectivity index (χ1n) is 6.37. The summed E-state index contributed by atoms with van der Waals surface area (Å²) in [5.41, 5.74) is 0.355. The number of carboxylic acids is 1. The molecule has 0 aliphatic carbocycles. The van der Waals surface area contributed by atoms with Crippen LogP contribution in [-0.4, -0.2) is 59.4 Å². The Bertz CT molecular complexity index is 678. The second-order valence-corrected chi connectivity index (χ2v) is 7.26. The summed E-state index contributed by atoms with van der Waals surface area (Å²) in [5.74, 6) is -1.87. The van der Waals surface area contributed by atoms with Crippen molar-refractivity contribution in [1.82, 2.24) is 9.88 Å². The Morgan fingerprint density at radius 2 is 2.10 bits per heavy atom. The van der Waals surface area contributed by atoms with E-state index in [2.05, 4.69) is 4.98 Å². The minimum absolute atomic E-state index is 0.0435. The Kier molecular flexibility index (Phi) is 4.04. The lowest BCUT2D eigenvalue weighted by Gasteiger charge is -2.25. The summed E-state index contributed by atoms with van der Waals surface area (Å²) >= 11 is 0. The minimum Gasteiger partial charge on any atom is -0.480 e. The van der Waals surface area contributed by atoms with Crippen molar-refractivity contribution >= 4 is 21.7 Å². The third-order valence-electron chi connectivity index (χ3n) is 3.31. The van der Waals surface area contributed by atoms with Crippen molar-refractivity contribution in [3.05, 3.63) is 17.3 Å². The van der Waals surface area contributed by atoms with Crippen molar-refractivity contribution in [2.75, 3.05) is 18.1 Å². The fraction of sp³-hybridized carbons (Fsp3) is 0.583. The first-order valence-corrected chi connectivity index (χ1v) is 8.19. The normalized spacial score (nSPS) is 20.4. The van der Waals surface area contributed by atoms with E-state index in [0.717, 1.165) is 4.90 Å². The van der Waals surface area contributed by atoms with Gasteiger partial charge in [-0.1, -0.05) is 0 Å². The van der Waals surface area contributed by atoms with Gasteiger partial charge in [-0.05, 0) is 13.3 Å². The maximum Gasteiger partial charge on any atom is 0.323 e. The molecule has 1 saturated heterocycles. The number of sulfone groups is 1. The van der Waals surface area contributed by atoms with Crippen LogP contribution in [0.3, 0.4) is 0 Å². The molecule has 1 aromatic rings. The Balaban J connectivity index is 2.30. The largest absolute Gasteiger partial charge is 0.480 e. The number of aromatic nitrogens is 1. The van der Waals surface area contributed by atoms with Crippen molar-refractivity contribution in [3.8, 4) is 0 Å². The van der Waals surface area contributed by atoms with Crippen LogP contribution in [0.15, 0.2) is 4.42 Å². The first kappa shape index (κ1) is 15.5. The van der Waals surface area contributed by atoms with Crippen LogP contribution in [0.4, 0.5) is 0 Å². The number of nitrogens with zero attached hydrogens (tertiary/aromatic N) is 2. The Morgan fingerprint density at radius 1 is 1.43 bits per heavy atom. The maximum atomic E-state index is 12.4. The van der Waals surface area contributed by atoms with Gasteiger partial charge >= 0.3 is 5.97 Å². The SMILES string of the molecule is Cc1nc(C)c(C(=O)N(CC(=O)O)C2CCS(=O)(=O)C2)o1. The smallest absolute Gasteiger partial charge is 0.323 e. The van der Waals surface area contributed by atoms with Crippen LogP contribution in [-0.2, 0) is 14.6 Å². The zero-order valence-corrected chi connectivity index (χ0v) is 12.5. The van der Waals surface area contributed by atoms with Crippen LogP contribution in [0.2, 0.25) is 0 Å². The molecule has 21 heavy (non-hydrogen) atoms. The van der Waals surface area contributed by atoms with E-state index >= 15 is 0 Å². The average molecular weight is 316 g/mol. The molecule has 1 amide bonds. The summed E-state index contributed by atoms with van der Waals surface area (Å²) in [6.45, 7) is 2.58. The molecular weight excluding hydrogens is 300 g/mol. The van der Waals surface area contributed by atoms with E-state index in [0.29, 0.717) is 11.6 Å². The molecule has 0 spiro atoms. The molecule has 8 nitrogen and oxygen atoms in total. The van der Waals surface area contributed by atoms with Crippen LogP contribution in [0.1, 0.15) is 28.6 Å². The highest BCUT2D eigenvalue weighted by molar-refractivity contribution is 7.91. The molecule has 1 aliphatic heterocycles. The first-order chi connectivity index (χ1) is 9.69. The lowest BCUT2D eigenvalue weighted by Crippen LogP contribution is -2.44. The minimum atomic E-state index is -3.23. The topological polar surface area (TPSA) is 118 Å². The number of amides is 1. The predicted octanol–water partition coefficient (Wildman–Crippen LogP) is 0.00534. The van der Waals surface area contributed by atoms with E-state index in [1.807, 2.05) is 0 Å². The lowest BCUT2D eigenvalue weighted by atomic mass is 10.2. The zero-order valence-electron chi connectivity index (χ0n) is 11.7. The van der Waals surface area contributed by atoms with Gasteiger partial charge in [-0.3, -0.25) is 9.59 Å². The highest BCUT2D eigenvalue weighted by Gasteiger charge is 2.37. The summed E-state index contributed by atoms with van der Waals surface area (Å²) in [6, 6.07) is -0.650. The summed E-state index contributed by atoms with van der Waals surface area (Å²) in [6.07, 6.45) is 0.230. The van der Waals surface area contributed by atoms with Gasteiger partial charge in [0, 0.05) is 13.0 Å². The van der Waals surface area contributed by atoms with Crippen molar-refractivity contribution in [2.24, 2.45) is 0 Å². The second-order valence-electron chi connectivity index (χ2n) is 5.03. The van der Waals surface area contributed by atoms with Crippen LogP contribution < -0.4 is 0 Å². The van der Waals surface area contributed by atoms with Gasteiger partial charge in [-0.2, -0.15) is 0 Å². The van der Waals surface area contributed by atoms with Crippen molar-refractivity contribution in [2.45, 2.75) is 26.3 Å². The standard InChI is InChI=1S/C12H16N2O6S/c1-7-11(20-8(2)13-7)12(17)14(5-10(15)16)9-3-4-21(18,19)6-9/h9H,3-6H2,1-2H3,(H,15,16). The van der Waals surface area contributed by atoms with Gasteiger partial charge in [0.15, 0.2) is 15.7 Å². The number of hydrogen-bond donors (Lipinski definition) is 1.